The first-order chi connectivity index (χ1) is 11.7. The van der Waals surface area contributed by atoms with Crippen LogP contribution in [0.1, 0.15) is 6.42 Å². The van der Waals surface area contributed by atoms with Crippen LogP contribution in [0.2, 0.25) is 0 Å². The molecule has 0 spiro atoms. The van der Waals surface area contributed by atoms with Crippen LogP contribution in [-0.4, -0.2) is 75.1 Å². The molecule has 1 aromatic heterocycles. The molecule has 0 bridgehead atoms. The van der Waals surface area contributed by atoms with Gasteiger partial charge in [-0.1, -0.05) is 17.3 Å². The molecule has 2 aromatic rings. The number of aliphatic hydroxyl groups is 1. The zero-order valence-electron chi connectivity index (χ0n) is 13.5. The van der Waals surface area contributed by atoms with Crippen LogP contribution in [0, 0.1) is 0 Å². The molecule has 1 aliphatic rings. The second kappa shape index (κ2) is 7.50. The lowest BCUT2D eigenvalue weighted by molar-refractivity contribution is -0.133. The minimum absolute atomic E-state index is 0.0144. The fourth-order valence-corrected chi connectivity index (χ4v) is 2.89. The second-order valence-electron chi connectivity index (χ2n) is 5.83. The van der Waals surface area contributed by atoms with Gasteiger partial charge in [-0.05, 0) is 12.1 Å². The van der Waals surface area contributed by atoms with Gasteiger partial charge >= 0.3 is 0 Å². The fraction of sp³-hybridized carbons (Fsp3) is 0.500. The SMILES string of the molecule is O=C(CCn1nnc2ccccc2c1=O)N1CCN(CCO)CC1. The van der Waals surface area contributed by atoms with E-state index in [-0.39, 0.29) is 31.0 Å². The molecule has 1 saturated heterocycles. The third kappa shape index (κ3) is 3.60. The summed E-state index contributed by atoms with van der Waals surface area (Å²) in [6, 6.07) is 7.05. The maximum atomic E-state index is 12.3. The number of nitrogens with zero attached hydrogens (tertiary/aromatic N) is 5. The Morgan fingerprint density at radius 2 is 1.88 bits per heavy atom. The summed E-state index contributed by atoms with van der Waals surface area (Å²) in [7, 11) is 0. The molecule has 0 radical (unpaired) electrons. The van der Waals surface area contributed by atoms with Gasteiger partial charge in [-0.2, -0.15) is 0 Å². The van der Waals surface area contributed by atoms with Crippen LogP contribution in [0.5, 0.6) is 0 Å². The molecule has 24 heavy (non-hydrogen) atoms. The molecule has 0 saturated carbocycles. The number of carbonyl (C=O) groups excluding carboxylic acids is 1. The number of hydrogen-bond donors (Lipinski definition) is 1. The molecule has 1 aliphatic heterocycles. The molecule has 0 unspecified atom stereocenters. The Hall–Kier alpha value is -2.32. The first kappa shape index (κ1) is 16.5. The highest BCUT2D eigenvalue weighted by molar-refractivity contribution is 5.77. The molecule has 1 fully saturated rings. The van der Waals surface area contributed by atoms with Crippen molar-refractivity contribution in [1.29, 1.82) is 0 Å². The van der Waals surface area contributed by atoms with E-state index >= 15 is 0 Å². The van der Waals surface area contributed by atoms with Gasteiger partial charge in [0.15, 0.2) is 0 Å². The van der Waals surface area contributed by atoms with E-state index in [4.69, 9.17) is 5.11 Å². The number of benzene rings is 1. The maximum absolute atomic E-state index is 12.3. The van der Waals surface area contributed by atoms with Crippen LogP contribution in [0.25, 0.3) is 10.9 Å². The Morgan fingerprint density at radius 3 is 2.62 bits per heavy atom. The van der Waals surface area contributed by atoms with Gasteiger partial charge in [0.05, 0.1) is 18.5 Å². The molecule has 1 aromatic carbocycles. The summed E-state index contributed by atoms with van der Waals surface area (Å²) in [4.78, 5) is 28.6. The number of carbonyl (C=O) groups is 1. The number of β-amino-alcohol motifs (C(OH)–C–C–N with tert-alkyl or cyclic N) is 1. The maximum Gasteiger partial charge on any atom is 0.277 e. The fourth-order valence-electron chi connectivity index (χ4n) is 2.89. The third-order valence-corrected chi connectivity index (χ3v) is 4.31. The number of aryl methyl sites for hydroxylation is 1. The molecule has 1 amide bonds. The zero-order chi connectivity index (χ0) is 16.9. The van der Waals surface area contributed by atoms with Gasteiger partial charge in [0.25, 0.3) is 5.56 Å². The molecule has 0 aliphatic carbocycles. The molecule has 128 valence electrons. The van der Waals surface area contributed by atoms with Gasteiger partial charge < -0.3 is 10.0 Å². The monoisotopic (exact) mass is 331 g/mol. The van der Waals surface area contributed by atoms with Crippen molar-refractivity contribution in [3.63, 3.8) is 0 Å². The third-order valence-electron chi connectivity index (χ3n) is 4.31. The molecule has 0 atom stereocenters. The van der Waals surface area contributed by atoms with Crippen LogP contribution in [-0.2, 0) is 11.3 Å². The van der Waals surface area contributed by atoms with Gasteiger partial charge in [-0.3, -0.25) is 14.5 Å². The summed E-state index contributed by atoms with van der Waals surface area (Å²) in [5.41, 5.74) is 0.339. The van der Waals surface area contributed by atoms with Gasteiger partial charge in [-0.15, -0.1) is 5.10 Å². The van der Waals surface area contributed by atoms with E-state index < -0.39 is 0 Å². The van der Waals surface area contributed by atoms with Gasteiger partial charge in [0, 0.05) is 39.1 Å². The summed E-state index contributed by atoms with van der Waals surface area (Å²) in [5, 5.41) is 17.4. The zero-order valence-corrected chi connectivity index (χ0v) is 13.5. The van der Waals surface area contributed by atoms with Gasteiger partial charge in [-0.25, -0.2) is 4.68 Å². The van der Waals surface area contributed by atoms with Crippen molar-refractivity contribution >= 4 is 16.8 Å². The molecule has 2 heterocycles. The predicted octanol–water partition coefficient (Wildman–Crippen LogP) is -0.682. The lowest BCUT2D eigenvalue weighted by Crippen LogP contribution is -2.49. The van der Waals surface area contributed by atoms with Crippen molar-refractivity contribution in [1.82, 2.24) is 24.8 Å². The van der Waals surface area contributed by atoms with Crippen LogP contribution in [0.3, 0.4) is 0 Å². The quantitative estimate of drug-likeness (QED) is 0.780. The Kier molecular flexibility index (Phi) is 5.17. The van der Waals surface area contributed by atoms with Crippen molar-refractivity contribution in [2.75, 3.05) is 39.3 Å². The van der Waals surface area contributed by atoms with Gasteiger partial charge in [0.2, 0.25) is 5.91 Å². The highest BCUT2D eigenvalue weighted by Crippen LogP contribution is 2.06. The molecule has 3 rings (SSSR count). The summed E-state index contributed by atoms with van der Waals surface area (Å²) in [6.45, 7) is 3.84. The first-order valence-corrected chi connectivity index (χ1v) is 8.12. The van der Waals surface area contributed by atoms with Crippen molar-refractivity contribution in [3.05, 3.63) is 34.6 Å². The van der Waals surface area contributed by atoms with Crippen LogP contribution < -0.4 is 5.56 Å². The van der Waals surface area contributed by atoms with Gasteiger partial charge in [0.1, 0.15) is 5.52 Å². The lowest BCUT2D eigenvalue weighted by atomic mass is 10.2. The van der Waals surface area contributed by atoms with Crippen LogP contribution in [0.15, 0.2) is 29.1 Å². The molecule has 1 N–H and O–H groups in total. The topological polar surface area (TPSA) is 91.6 Å². The summed E-state index contributed by atoms with van der Waals surface area (Å²) < 4.78 is 1.25. The number of fused-ring (bicyclic) bond motifs is 1. The second-order valence-corrected chi connectivity index (χ2v) is 5.83. The summed E-state index contributed by atoms with van der Waals surface area (Å²) >= 11 is 0. The lowest BCUT2D eigenvalue weighted by Gasteiger charge is -2.34. The predicted molar refractivity (Wildman–Crippen MR) is 88.5 cm³/mol. The number of aliphatic hydroxyl groups excluding tert-OH is 1. The minimum atomic E-state index is -0.221. The largest absolute Gasteiger partial charge is 0.395 e. The molecular formula is C16H21N5O3. The van der Waals surface area contributed by atoms with E-state index in [1.54, 1.807) is 29.2 Å². The van der Waals surface area contributed by atoms with Crippen molar-refractivity contribution < 1.29 is 9.90 Å². The van der Waals surface area contributed by atoms with E-state index in [9.17, 15) is 9.59 Å². The van der Waals surface area contributed by atoms with E-state index in [0.717, 1.165) is 13.1 Å². The highest BCUT2D eigenvalue weighted by Gasteiger charge is 2.20. The summed E-state index contributed by atoms with van der Waals surface area (Å²) in [6.07, 6.45) is 0.229. The minimum Gasteiger partial charge on any atom is -0.395 e. The normalized spacial score (nSPS) is 15.8. The average molecular weight is 331 g/mol. The smallest absolute Gasteiger partial charge is 0.277 e. The van der Waals surface area contributed by atoms with E-state index in [2.05, 4.69) is 15.2 Å². The number of amides is 1. The summed E-state index contributed by atoms with van der Waals surface area (Å²) in [5.74, 6) is 0.0144. The van der Waals surface area contributed by atoms with Crippen LogP contribution in [0.4, 0.5) is 0 Å². The van der Waals surface area contributed by atoms with Crippen molar-refractivity contribution in [2.24, 2.45) is 0 Å². The Balaban J connectivity index is 1.59. The number of piperazine rings is 1. The van der Waals surface area contributed by atoms with Crippen LogP contribution >= 0.6 is 0 Å². The number of aromatic nitrogens is 3. The number of hydrogen-bond acceptors (Lipinski definition) is 6. The standard InChI is InChI=1S/C16H21N5O3/c22-12-11-19-7-9-20(10-8-19)15(23)5-6-21-16(24)13-3-1-2-4-14(13)17-18-21/h1-4,22H,5-12H2. The average Bonchev–Trinajstić information content (AvgIpc) is 2.62. The Bertz CT molecular complexity index is 768. The Labute approximate surface area is 139 Å². The van der Waals surface area contributed by atoms with E-state index in [1.165, 1.54) is 4.68 Å². The highest BCUT2D eigenvalue weighted by atomic mass is 16.3. The van der Waals surface area contributed by atoms with E-state index in [1.807, 2.05) is 0 Å². The van der Waals surface area contributed by atoms with Crippen molar-refractivity contribution in [2.45, 2.75) is 13.0 Å². The molecular weight excluding hydrogens is 310 g/mol. The van der Waals surface area contributed by atoms with E-state index in [0.29, 0.717) is 30.5 Å². The Morgan fingerprint density at radius 1 is 1.12 bits per heavy atom. The molecule has 8 nitrogen and oxygen atoms in total. The molecule has 8 heteroatoms. The first-order valence-electron chi connectivity index (χ1n) is 8.12. The van der Waals surface area contributed by atoms with Crippen molar-refractivity contribution in [3.8, 4) is 0 Å². The number of rotatable bonds is 5.